The molecule has 1 saturated heterocycles. The maximum absolute atomic E-state index is 9.86. The number of nitriles is 1. The maximum atomic E-state index is 9.86. The zero-order valence-corrected chi connectivity index (χ0v) is 10.1. The van der Waals surface area contributed by atoms with Gasteiger partial charge in [0.2, 0.25) is 0 Å². The first-order valence-electron chi connectivity index (χ1n) is 5.89. The Kier molecular flexibility index (Phi) is 3.41. The summed E-state index contributed by atoms with van der Waals surface area (Å²) in [6, 6.07) is 5.81. The third kappa shape index (κ3) is 3.26. The van der Waals surface area contributed by atoms with Gasteiger partial charge in [0.1, 0.15) is 11.8 Å². The van der Waals surface area contributed by atoms with Gasteiger partial charge >= 0.3 is 0 Å². The Hall–Kier alpha value is -1.44. The molecule has 0 amide bonds. The number of pyridine rings is 1. The van der Waals surface area contributed by atoms with Crippen LogP contribution < -0.4 is 0 Å². The van der Waals surface area contributed by atoms with Gasteiger partial charge in [0.15, 0.2) is 0 Å². The van der Waals surface area contributed by atoms with E-state index in [2.05, 4.69) is 9.88 Å². The second-order valence-electron chi connectivity index (χ2n) is 4.93. The molecule has 1 aromatic heterocycles. The summed E-state index contributed by atoms with van der Waals surface area (Å²) >= 11 is 0. The molecule has 17 heavy (non-hydrogen) atoms. The van der Waals surface area contributed by atoms with E-state index in [1.165, 1.54) is 0 Å². The third-order valence-corrected chi connectivity index (χ3v) is 3.28. The van der Waals surface area contributed by atoms with Crippen LogP contribution in [-0.2, 0) is 6.54 Å². The topological polar surface area (TPSA) is 60.1 Å². The molecular formula is C13H17N3O. The van der Waals surface area contributed by atoms with E-state index in [4.69, 9.17) is 5.26 Å². The van der Waals surface area contributed by atoms with E-state index in [0.717, 1.165) is 38.0 Å². The Labute approximate surface area is 102 Å². The smallest absolute Gasteiger partial charge is 0.140 e. The van der Waals surface area contributed by atoms with Crippen LogP contribution in [-0.4, -0.2) is 33.7 Å². The minimum absolute atomic E-state index is 0.464. The van der Waals surface area contributed by atoms with E-state index in [9.17, 15) is 5.11 Å². The molecule has 0 spiro atoms. The van der Waals surface area contributed by atoms with Crippen molar-refractivity contribution in [3.8, 4) is 6.07 Å². The number of rotatable bonds is 2. The van der Waals surface area contributed by atoms with Gasteiger partial charge in [-0.2, -0.15) is 5.26 Å². The first-order chi connectivity index (χ1) is 8.09. The summed E-state index contributed by atoms with van der Waals surface area (Å²) in [6.45, 7) is 4.52. The second kappa shape index (κ2) is 4.82. The Morgan fingerprint density at radius 3 is 2.88 bits per heavy atom. The Morgan fingerprint density at radius 2 is 2.24 bits per heavy atom. The van der Waals surface area contributed by atoms with E-state index in [1.54, 1.807) is 6.20 Å². The molecule has 1 fully saturated rings. The van der Waals surface area contributed by atoms with E-state index >= 15 is 0 Å². The molecule has 0 aliphatic carbocycles. The van der Waals surface area contributed by atoms with Crippen molar-refractivity contribution in [3.63, 3.8) is 0 Å². The number of likely N-dealkylation sites (tertiary alicyclic amines) is 1. The van der Waals surface area contributed by atoms with Crippen LogP contribution in [0.2, 0.25) is 0 Å². The van der Waals surface area contributed by atoms with E-state index in [1.807, 2.05) is 25.1 Å². The fourth-order valence-electron chi connectivity index (χ4n) is 2.08. The van der Waals surface area contributed by atoms with Gasteiger partial charge in [0.05, 0.1) is 5.60 Å². The van der Waals surface area contributed by atoms with Crippen molar-refractivity contribution in [1.82, 2.24) is 9.88 Å². The normalized spacial score (nSPS) is 19.8. The summed E-state index contributed by atoms with van der Waals surface area (Å²) < 4.78 is 0. The van der Waals surface area contributed by atoms with Crippen molar-refractivity contribution in [1.29, 1.82) is 5.26 Å². The van der Waals surface area contributed by atoms with Crippen LogP contribution >= 0.6 is 0 Å². The predicted molar refractivity (Wildman–Crippen MR) is 64.1 cm³/mol. The van der Waals surface area contributed by atoms with E-state index < -0.39 is 5.60 Å². The lowest BCUT2D eigenvalue weighted by atomic mass is 9.93. The lowest BCUT2D eigenvalue weighted by Gasteiger charge is -2.35. The van der Waals surface area contributed by atoms with Crippen LogP contribution in [0.1, 0.15) is 31.0 Å². The lowest BCUT2D eigenvalue weighted by Crippen LogP contribution is -2.41. The van der Waals surface area contributed by atoms with Gasteiger partial charge in [-0.1, -0.05) is 0 Å². The SMILES string of the molecule is CC1(O)CCN(Cc2ccnc(C#N)c2)CC1. The maximum Gasteiger partial charge on any atom is 0.140 e. The molecule has 2 heterocycles. The van der Waals surface area contributed by atoms with Gasteiger partial charge in [0, 0.05) is 25.8 Å². The summed E-state index contributed by atoms with van der Waals surface area (Å²) in [7, 11) is 0. The van der Waals surface area contributed by atoms with Crippen LogP contribution in [0.4, 0.5) is 0 Å². The zero-order valence-electron chi connectivity index (χ0n) is 10.1. The summed E-state index contributed by atoms with van der Waals surface area (Å²) in [5, 5.41) is 18.6. The van der Waals surface area contributed by atoms with Gasteiger partial charge in [-0.05, 0) is 37.5 Å². The van der Waals surface area contributed by atoms with Gasteiger partial charge in [0.25, 0.3) is 0 Å². The molecular weight excluding hydrogens is 214 g/mol. The highest BCUT2D eigenvalue weighted by Crippen LogP contribution is 2.22. The zero-order chi connectivity index (χ0) is 12.3. The average molecular weight is 231 g/mol. The molecule has 0 bridgehead atoms. The number of piperidine rings is 1. The molecule has 1 N–H and O–H groups in total. The molecule has 0 unspecified atom stereocenters. The van der Waals surface area contributed by atoms with Crippen molar-refractivity contribution in [2.45, 2.75) is 31.9 Å². The number of aromatic nitrogens is 1. The third-order valence-electron chi connectivity index (χ3n) is 3.28. The highest BCUT2D eigenvalue weighted by atomic mass is 16.3. The Balaban J connectivity index is 1.96. The number of hydrogen-bond donors (Lipinski definition) is 1. The first-order valence-corrected chi connectivity index (χ1v) is 5.89. The fourth-order valence-corrected chi connectivity index (χ4v) is 2.08. The van der Waals surface area contributed by atoms with Crippen LogP contribution in [0.15, 0.2) is 18.3 Å². The second-order valence-corrected chi connectivity index (χ2v) is 4.93. The van der Waals surface area contributed by atoms with Crippen molar-refractivity contribution >= 4 is 0 Å². The highest BCUT2D eigenvalue weighted by Gasteiger charge is 2.27. The lowest BCUT2D eigenvalue weighted by molar-refractivity contribution is -0.00730. The van der Waals surface area contributed by atoms with Crippen LogP contribution in [0.3, 0.4) is 0 Å². The van der Waals surface area contributed by atoms with Gasteiger partial charge in [-0.3, -0.25) is 4.90 Å². The Morgan fingerprint density at radius 1 is 1.53 bits per heavy atom. The molecule has 90 valence electrons. The number of aliphatic hydroxyl groups is 1. The van der Waals surface area contributed by atoms with Crippen molar-refractivity contribution in [2.75, 3.05) is 13.1 Å². The molecule has 0 atom stereocenters. The molecule has 1 aliphatic heterocycles. The standard InChI is InChI=1S/C13H17N3O/c1-13(17)3-6-16(7-4-13)10-11-2-5-15-12(8-11)9-14/h2,5,8,17H,3-4,6-7,10H2,1H3. The minimum atomic E-state index is -0.507. The first kappa shape index (κ1) is 12.0. The molecule has 0 radical (unpaired) electrons. The molecule has 4 nitrogen and oxygen atoms in total. The molecule has 1 aromatic rings. The number of hydrogen-bond acceptors (Lipinski definition) is 4. The van der Waals surface area contributed by atoms with Crippen LogP contribution in [0, 0.1) is 11.3 Å². The molecule has 2 rings (SSSR count). The van der Waals surface area contributed by atoms with Gasteiger partial charge in [-0.15, -0.1) is 0 Å². The predicted octanol–water partition coefficient (Wildman–Crippen LogP) is 1.30. The molecule has 1 aliphatic rings. The van der Waals surface area contributed by atoms with Crippen molar-refractivity contribution < 1.29 is 5.11 Å². The fraction of sp³-hybridized carbons (Fsp3) is 0.538. The van der Waals surface area contributed by atoms with Crippen molar-refractivity contribution in [3.05, 3.63) is 29.6 Å². The Bertz CT molecular complexity index is 427. The van der Waals surface area contributed by atoms with Gasteiger partial charge < -0.3 is 5.11 Å². The summed E-state index contributed by atoms with van der Waals surface area (Å²) in [4.78, 5) is 6.25. The van der Waals surface area contributed by atoms with Crippen molar-refractivity contribution in [2.24, 2.45) is 0 Å². The summed E-state index contributed by atoms with van der Waals surface area (Å²) in [6.07, 6.45) is 3.29. The summed E-state index contributed by atoms with van der Waals surface area (Å²) in [5.41, 5.74) is 1.07. The molecule has 0 aromatic carbocycles. The van der Waals surface area contributed by atoms with Crippen LogP contribution in [0.5, 0.6) is 0 Å². The molecule has 4 heteroatoms. The van der Waals surface area contributed by atoms with Crippen LogP contribution in [0.25, 0.3) is 0 Å². The quantitative estimate of drug-likeness (QED) is 0.833. The highest BCUT2D eigenvalue weighted by molar-refractivity contribution is 5.25. The van der Waals surface area contributed by atoms with Gasteiger partial charge in [-0.25, -0.2) is 4.98 Å². The number of nitrogens with zero attached hydrogens (tertiary/aromatic N) is 3. The van der Waals surface area contributed by atoms with E-state index in [0.29, 0.717) is 5.69 Å². The van der Waals surface area contributed by atoms with E-state index in [-0.39, 0.29) is 0 Å². The monoisotopic (exact) mass is 231 g/mol. The summed E-state index contributed by atoms with van der Waals surface area (Å²) in [5.74, 6) is 0. The largest absolute Gasteiger partial charge is 0.390 e. The molecule has 0 saturated carbocycles. The minimum Gasteiger partial charge on any atom is -0.390 e. The average Bonchev–Trinajstić information content (AvgIpc) is 2.32.